The van der Waals surface area contributed by atoms with E-state index >= 15 is 0 Å². The molecule has 0 bridgehead atoms. The molecule has 1 aromatic rings. The molecule has 0 aliphatic rings. The second kappa shape index (κ2) is 6.15. The summed E-state index contributed by atoms with van der Waals surface area (Å²) in [5, 5.41) is 14.2. The SMILES string of the molecule is CCC(CC)(CN)Nc1cc(Br)ccc1[N+](=O)[O-]. The Morgan fingerprint density at radius 2 is 2.06 bits per heavy atom. The van der Waals surface area contributed by atoms with Crippen molar-refractivity contribution in [1.29, 1.82) is 0 Å². The van der Waals surface area contributed by atoms with Crippen LogP contribution in [0.3, 0.4) is 0 Å². The van der Waals surface area contributed by atoms with Gasteiger partial charge in [-0.25, -0.2) is 0 Å². The molecule has 0 aliphatic carbocycles. The summed E-state index contributed by atoms with van der Waals surface area (Å²) in [6.07, 6.45) is 1.62. The first-order valence-electron chi connectivity index (χ1n) is 5.90. The maximum Gasteiger partial charge on any atom is 0.292 e. The number of hydrogen-bond donors (Lipinski definition) is 2. The summed E-state index contributed by atoms with van der Waals surface area (Å²) >= 11 is 3.32. The molecule has 0 amide bonds. The van der Waals surface area contributed by atoms with Crippen LogP contribution in [0.5, 0.6) is 0 Å². The van der Waals surface area contributed by atoms with Crippen LogP contribution in [0, 0.1) is 10.1 Å². The second-order valence-electron chi connectivity index (χ2n) is 4.24. The molecule has 1 rings (SSSR count). The summed E-state index contributed by atoms with van der Waals surface area (Å²) in [6, 6.07) is 4.86. The van der Waals surface area contributed by atoms with Crippen molar-refractivity contribution in [2.75, 3.05) is 11.9 Å². The maximum absolute atomic E-state index is 11.0. The summed E-state index contributed by atoms with van der Waals surface area (Å²) in [5.74, 6) is 0. The molecule has 5 nitrogen and oxygen atoms in total. The molecule has 0 saturated heterocycles. The Hall–Kier alpha value is -1.14. The van der Waals surface area contributed by atoms with Crippen molar-refractivity contribution in [1.82, 2.24) is 0 Å². The lowest BCUT2D eigenvalue weighted by Gasteiger charge is -2.32. The van der Waals surface area contributed by atoms with Gasteiger partial charge in [-0.2, -0.15) is 0 Å². The average Bonchev–Trinajstić information content (AvgIpc) is 2.36. The smallest absolute Gasteiger partial charge is 0.292 e. The topological polar surface area (TPSA) is 81.2 Å². The first kappa shape index (κ1) is 14.9. The summed E-state index contributed by atoms with van der Waals surface area (Å²) in [4.78, 5) is 10.6. The summed E-state index contributed by atoms with van der Waals surface area (Å²) in [5.41, 5.74) is 6.07. The molecule has 0 heterocycles. The number of benzene rings is 1. The zero-order chi connectivity index (χ0) is 13.8. The van der Waals surface area contributed by atoms with Crippen LogP contribution >= 0.6 is 15.9 Å². The Morgan fingerprint density at radius 1 is 1.44 bits per heavy atom. The average molecular weight is 316 g/mol. The molecule has 0 unspecified atom stereocenters. The monoisotopic (exact) mass is 315 g/mol. The predicted molar refractivity (Wildman–Crippen MR) is 76.8 cm³/mol. The van der Waals surface area contributed by atoms with Crippen molar-refractivity contribution < 1.29 is 4.92 Å². The summed E-state index contributed by atoms with van der Waals surface area (Å²) in [6.45, 7) is 4.48. The van der Waals surface area contributed by atoms with Gasteiger partial charge in [0.15, 0.2) is 0 Å². The van der Waals surface area contributed by atoms with Crippen LogP contribution in [0.2, 0.25) is 0 Å². The molecule has 1 aromatic carbocycles. The van der Waals surface area contributed by atoms with Crippen LogP contribution in [0.15, 0.2) is 22.7 Å². The Balaban J connectivity index is 3.16. The van der Waals surface area contributed by atoms with Gasteiger partial charge in [-0.15, -0.1) is 0 Å². The highest BCUT2D eigenvalue weighted by molar-refractivity contribution is 9.10. The van der Waals surface area contributed by atoms with E-state index in [0.29, 0.717) is 12.2 Å². The minimum absolute atomic E-state index is 0.0675. The molecule has 0 aliphatic heterocycles. The zero-order valence-electron chi connectivity index (χ0n) is 10.6. The number of nitro groups is 1. The number of nitrogens with one attached hydrogen (secondary N) is 1. The zero-order valence-corrected chi connectivity index (χ0v) is 12.2. The number of halogens is 1. The van der Waals surface area contributed by atoms with Gasteiger partial charge in [0.2, 0.25) is 0 Å². The summed E-state index contributed by atoms with van der Waals surface area (Å²) in [7, 11) is 0. The molecule has 18 heavy (non-hydrogen) atoms. The molecule has 0 spiro atoms. The largest absolute Gasteiger partial charge is 0.373 e. The normalized spacial score (nSPS) is 11.3. The Morgan fingerprint density at radius 3 is 2.50 bits per heavy atom. The molecule has 100 valence electrons. The van der Waals surface area contributed by atoms with Gasteiger partial charge < -0.3 is 11.1 Å². The van der Waals surface area contributed by atoms with Gasteiger partial charge in [0.25, 0.3) is 5.69 Å². The van der Waals surface area contributed by atoms with Crippen molar-refractivity contribution in [2.45, 2.75) is 32.2 Å². The molecule has 0 aromatic heterocycles. The van der Waals surface area contributed by atoms with Crippen LogP contribution in [-0.2, 0) is 0 Å². The van der Waals surface area contributed by atoms with E-state index in [-0.39, 0.29) is 16.1 Å². The van der Waals surface area contributed by atoms with Crippen molar-refractivity contribution in [2.24, 2.45) is 5.73 Å². The Kier molecular flexibility index (Phi) is 5.10. The quantitative estimate of drug-likeness (QED) is 0.623. The third kappa shape index (κ3) is 3.20. The van der Waals surface area contributed by atoms with Crippen molar-refractivity contribution >= 4 is 27.3 Å². The van der Waals surface area contributed by atoms with Crippen LogP contribution in [-0.4, -0.2) is 17.0 Å². The highest BCUT2D eigenvalue weighted by atomic mass is 79.9. The Labute approximate surface area is 115 Å². The van der Waals surface area contributed by atoms with E-state index in [9.17, 15) is 10.1 Å². The van der Waals surface area contributed by atoms with Crippen molar-refractivity contribution in [3.8, 4) is 0 Å². The number of anilines is 1. The molecule has 0 radical (unpaired) electrons. The third-order valence-electron chi connectivity index (χ3n) is 3.30. The van der Waals surface area contributed by atoms with Gasteiger partial charge in [0, 0.05) is 22.6 Å². The third-order valence-corrected chi connectivity index (χ3v) is 3.79. The standard InChI is InChI=1S/C12H18BrN3O2/c1-3-12(4-2,8-14)15-10-7-9(13)5-6-11(10)16(17)18/h5-7,15H,3-4,8,14H2,1-2H3. The number of nitrogens with zero attached hydrogens (tertiary/aromatic N) is 1. The lowest BCUT2D eigenvalue weighted by atomic mass is 9.92. The van der Waals surface area contributed by atoms with Crippen molar-refractivity contribution in [3.05, 3.63) is 32.8 Å². The van der Waals surface area contributed by atoms with Crippen molar-refractivity contribution in [3.63, 3.8) is 0 Å². The van der Waals surface area contributed by atoms with Gasteiger partial charge in [-0.3, -0.25) is 10.1 Å². The first-order valence-corrected chi connectivity index (χ1v) is 6.69. The van der Waals surface area contributed by atoms with Crippen LogP contribution in [0.4, 0.5) is 11.4 Å². The molecule has 0 saturated carbocycles. The Bertz CT molecular complexity index is 425. The highest BCUT2D eigenvalue weighted by Crippen LogP contribution is 2.31. The maximum atomic E-state index is 11.0. The predicted octanol–water partition coefficient (Wildman–Crippen LogP) is 3.29. The lowest BCUT2D eigenvalue weighted by Crippen LogP contribution is -2.44. The fraction of sp³-hybridized carbons (Fsp3) is 0.500. The van der Waals surface area contributed by atoms with E-state index in [2.05, 4.69) is 21.2 Å². The van der Waals surface area contributed by atoms with Gasteiger partial charge in [0.1, 0.15) is 5.69 Å². The van der Waals surface area contributed by atoms with Gasteiger partial charge >= 0.3 is 0 Å². The minimum Gasteiger partial charge on any atom is -0.373 e. The minimum atomic E-state index is -0.388. The molecule has 3 N–H and O–H groups in total. The number of nitro benzene ring substituents is 1. The second-order valence-corrected chi connectivity index (χ2v) is 5.15. The molecule has 0 atom stereocenters. The summed E-state index contributed by atoms with van der Waals surface area (Å²) < 4.78 is 0.800. The van der Waals surface area contributed by atoms with Crippen LogP contribution in [0.1, 0.15) is 26.7 Å². The first-order chi connectivity index (χ1) is 8.48. The number of nitrogens with two attached hydrogens (primary N) is 1. The van der Waals surface area contributed by atoms with Crippen LogP contribution in [0.25, 0.3) is 0 Å². The molecule has 6 heteroatoms. The van der Waals surface area contributed by atoms with E-state index in [1.54, 1.807) is 12.1 Å². The highest BCUT2D eigenvalue weighted by Gasteiger charge is 2.27. The van der Waals surface area contributed by atoms with E-state index < -0.39 is 0 Å². The van der Waals surface area contributed by atoms with E-state index in [4.69, 9.17) is 5.73 Å². The van der Waals surface area contributed by atoms with Crippen LogP contribution < -0.4 is 11.1 Å². The molecular formula is C12H18BrN3O2. The van der Waals surface area contributed by atoms with Gasteiger partial charge in [-0.1, -0.05) is 29.8 Å². The number of rotatable bonds is 6. The lowest BCUT2D eigenvalue weighted by molar-refractivity contribution is -0.384. The van der Waals surface area contributed by atoms with Gasteiger partial charge in [0.05, 0.1) is 4.92 Å². The molecular weight excluding hydrogens is 298 g/mol. The van der Waals surface area contributed by atoms with E-state index in [1.807, 2.05) is 13.8 Å². The fourth-order valence-electron chi connectivity index (χ4n) is 1.82. The fourth-order valence-corrected chi connectivity index (χ4v) is 2.18. The molecule has 0 fully saturated rings. The van der Waals surface area contributed by atoms with E-state index in [0.717, 1.165) is 17.3 Å². The van der Waals surface area contributed by atoms with Gasteiger partial charge in [-0.05, 0) is 25.0 Å². The van der Waals surface area contributed by atoms with E-state index in [1.165, 1.54) is 6.07 Å². The number of hydrogen-bond acceptors (Lipinski definition) is 4.